The van der Waals surface area contributed by atoms with Crippen molar-refractivity contribution in [2.24, 2.45) is 0 Å². The number of carbonyl (C=O) groups is 1. The van der Waals surface area contributed by atoms with Crippen molar-refractivity contribution in [1.29, 1.82) is 0 Å². The standard InChI is InChI=1S/C16H17NO3/c1-11-4-6-13(10-17-11)14(18)8-12-5-7-15(19-2)16(9-12)20-3/h4-7,9-10H,8H2,1-3H3. The maximum Gasteiger partial charge on any atom is 0.168 e. The number of pyridine rings is 1. The molecule has 1 aromatic carbocycles. The van der Waals surface area contributed by atoms with Crippen molar-refractivity contribution in [3.05, 3.63) is 53.3 Å². The minimum atomic E-state index is 0.0321. The van der Waals surface area contributed by atoms with Crippen molar-refractivity contribution in [3.8, 4) is 11.5 Å². The summed E-state index contributed by atoms with van der Waals surface area (Å²) in [5.41, 5.74) is 2.39. The molecule has 104 valence electrons. The summed E-state index contributed by atoms with van der Waals surface area (Å²) in [6, 6.07) is 9.11. The van der Waals surface area contributed by atoms with E-state index in [0.717, 1.165) is 11.3 Å². The van der Waals surface area contributed by atoms with Crippen molar-refractivity contribution >= 4 is 5.78 Å². The third-order valence-corrected chi connectivity index (χ3v) is 3.05. The molecule has 0 spiro atoms. The molecular weight excluding hydrogens is 254 g/mol. The van der Waals surface area contributed by atoms with Gasteiger partial charge in [0.05, 0.1) is 14.2 Å². The van der Waals surface area contributed by atoms with Gasteiger partial charge in [-0.15, -0.1) is 0 Å². The highest BCUT2D eigenvalue weighted by molar-refractivity contribution is 5.97. The normalized spacial score (nSPS) is 10.2. The quantitative estimate of drug-likeness (QED) is 0.785. The van der Waals surface area contributed by atoms with E-state index in [9.17, 15) is 4.79 Å². The van der Waals surface area contributed by atoms with Crippen molar-refractivity contribution < 1.29 is 14.3 Å². The predicted molar refractivity (Wildman–Crippen MR) is 76.6 cm³/mol. The highest BCUT2D eigenvalue weighted by Crippen LogP contribution is 2.28. The van der Waals surface area contributed by atoms with Gasteiger partial charge in [-0.25, -0.2) is 0 Å². The maximum atomic E-state index is 12.2. The molecule has 0 saturated heterocycles. The number of rotatable bonds is 5. The van der Waals surface area contributed by atoms with Crippen LogP contribution >= 0.6 is 0 Å². The number of aromatic nitrogens is 1. The van der Waals surface area contributed by atoms with E-state index in [1.165, 1.54) is 0 Å². The van der Waals surface area contributed by atoms with Crippen LogP contribution in [0.4, 0.5) is 0 Å². The van der Waals surface area contributed by atoms with E-state index in [0.29, 0.717) is 23.5 Å². The molecule has 0 unspecified atom stereocenters. The van der Waals surface area contributed by atoms with E-state index in [-0.39, 0.29) is 5.78 Å². The SMILES string of the molecule is COc1ccc(CC(=O)c2ccc(C)nc2)cc1OC. The second-order valence-electron chi connectivity index (χ2n) is 4.48. The molecule has 0 N–H and O–H groups in total. The summed E-state index contributed by atoms with van der Waals surface area (Å²) in [6.07, 6.45) is 1.92. The van der Waals surface area contributed by atoms with E-state index in [2.05, 4.69) is 4.98 Å². The average molecular weight is 271 g/mol. The van der Waals surface area contributed by atoms with Crippen LogP contribution in [0.25, 0.3) is 0 Å². The molecule has 0 atom stereocenters. The molecule has 0 fully saturated rings. The minimum Gasteiger partial charge on any atom is -0.493 e. The maximum absolute atomic E-state index is 12.2. The molecule has 1 aromatic heterocycles. The Morgan fingerprint density at radius 1 is 1.10 bits per heavy atom. The van der Waals surface area contributed by atoms with Gasteiger partial charge in [-0.2, -0.15) is 0 Å². The number of benzene rings is 1. The van der Waals surface area contributed by atoms with E-state index < -0.39 is 0 Å². The number of ketones is 1. The Morgan fingerprint density at radius 3 is 2.45 bits per heavy atom. The number of methoxy groups -OCH3 is 2. The number of carbonyl (C=O) groups excluding carboxylic acids is 1. The lowest BCUT2D eigenvalue weighted by molar-refractivity contribution is 0.0992. The second kappa shape index (κ2) is 6.19. The number of Topliss-reactive ketones (excluding diaryl/α,β-unsaturated/α-hetero) is 1. The first-order chi connectivity index (χ1) is 9.63. The van der Waals surface area contributed by atoms with Gasteiger partial charge in [0.15, 0.2) is 17.3 Å². The molecule has 2 aromatic rings. The van der Waals surface area contributed by atoms with Crippen LogP contribution < -0.4 is 9.47 Å². The topological polar surface area (TPSA) is 48.4 Å². The smallest absolute Gasteiger partial charge is 0.168 e. The van der Waals surface area contributed by atoms with E-state index in [4.69, 9.17) is 9.47 Å². The Hall–Kier alpha value is -2.36. The molecule has 20 heavy (non-hydrogen) atoms. The predicted octanol–water partition coefficient (Wildman–Crippen LogP) is 2.83. The molecule has 1 heterocycles. The zero-order valence-corrected chi connectivity index (χ0v) is 11.8. The van der Waals surface area contributed by atoms with E-state index in [1.807, 2.05) is 25.1 Å². The number of nitrogens with zero attached hydrogens (tertiary/aromatic N) is 1. The molecule has 2 rings (SSSR count). The zero-order valence-electron chi connectivity index (χ0n) is 11.8. The van der Waals surface area contributed by atoms with Crippen molar-refractivity contribution in [1.82, 2.24) is 4.98 Å². The molecule has 4 nitrogen and oxygen atoms in total. The first-order valence-corrected chi connectivity index (χ1v) is 6.31. The van der Waals surface area contributed by atoms with Gasteiger partial charge in [-0.1, -0.05) is 6.07 Å². The van der Waals surface area contributed by atoms with Crippen LogP contribution in [0.5, 0.6) is 11.5 Å². The van der Waals surface area contributed by atoms with Gasteiger partial charge in [0.2, 0.25) is 0 Å². The molecule has 0 radical (unpaired) electrons. The van der Waals surface area contributed by atoms with Crippen LogP contribution in [-0.4, -0.2) is 25.0 Å². The van der Waals surface area contributed by atoms with E-state index in [1.54, 1.807) is 32.5 Å². The van der Waals surface area contributed by atoms with Gasteiger partial charge < -0.3 is 9.47 Å². The Kier molecular flexibility index (Phi) is 4.35. The van der Waals surface area contributed by atoms with Crippen molar-refractivity contribution in [2.75, 3.05) is 14.2 Å². The van der Waals surface area contributed by atoms with Gasteiger partial charge in [0.1, 0.15) is 0 Å². The minimum absolute atomic E-state index is 0.0321. The Labute approximate surface area is 118 Å². The summed E-state index contributed by atoms with van der Waals surface area (Å²) < 4.78 is 10.4. The summed E-state index contributed by atoms with van der Waals surface area (Å²) in [5, 5.41) is 0. The monoisotopic (exact) mass is 271 g/mol. The second-order valence-corrected chi connectivity index (χ2v) is 4.48. The lowest BCUT2D eigenvalue weighted by Crippen LogP contribution is -2.04. The first kappa shape index (κ1) is 14.1. The third-order valence-electron chi connectivity index (χ3n) is 3.05. The summed E-state index contributed by atoms with van der Waals surface area (Å²) >= 11 is 0. The largest absolute Gasteiger partial charge is 0.493 e. The first-order valence-electron chi connectivity index (χ1n) is 6.31. The lowest BCUT2D eigenvalue weighted by atomic mass is 10.0. The van der Waals surface area contributed by atoms with Gasteiger partial charge in [0, 0.05) is 23.9 Å². The average Bonchev–Trinajstić information content (AvgIpc) is 2.47. The molecular formula is C16H17NO3. The van der Waals surface area contributed by atoms with Crippen molar-refractivity contribution in [2.45, 2.75) is 13.3 Å². The highest BCUT2D eigenvalue weighted by Gasteiger charge is 2.10. The van der Waals surface area contributed by atoms with Gasteiger partial charge in [-0.05, 0) is 36.8 Å². The van der Waals surface area contributed by atoms with Gasteiger partial charge in [0.25, 0.3) is 0 Å². The Balaban J connectivity index is 2.17. The Morgan fingerprint density at radius 2 is 1.85 bits per heavy atom. The molecule has 0 amide bonds. The highest BCUT2D eigenvalue weighted by atomic mass is 16.5. The summed E-state index contributed by atoms with van der Waals surface area (Å²) in [6.45, 7) is 1.89. The van der Waals surface area contributed by atoms with Crippen LogP contribution in [0.3, 0.4) is 0 Å². The van der Waals surface area contributed by atoms with Crippen molar-refractivity contribution in [3.63, 3.8) is 0 Å². The third kappa shape index (κ3) is 3.15. The fourth-order valence-corrected chi connectivity index (χ4v) is 1.91. The molecule has 0 aliphatic heterocycles. The van der Waals surface area contributed by atoms with Crippen LogP contribution in [0, 0.1) is 6.92 Å². The molecule has 0 bridgehead atoms. The molecule has 4 heteroatoms. The van der Waals surface area contributed by atoms with Gasteiger partial charge in [-0.3, -0.25) is 9.78 Å². The molecule has 0 aliphatic rings. The van der Waals surface area contributed by atoms with Crippen LogP contribution in [0.1, 0.15) is 21.6 Å². The lowest BCUT2D eigenvalue weighted by Gasteiger charge is -2.09. The number of hydrogen-bond acceptors (Lipinski definition) is 4. The zero-order chi connectivity index (χ0) is 14.5. The Bertz CT molecular complexity index is 606. The number of aryl methyl sites for hydroxylation is 1. The number of ether oxygens (including phenoxy) is 2. The van der Waals surface area contributed by atoms with Crippen LogP contribution in [0.2, 0.25) is 0 Å². The van der Waals surface area contributed by atoms with E-state index >= 15 is 0 Å². The molecule has 0 saturated carbocycles. The van der Waals surface area contributed by atoms with Crippen LogP contribution in [0.15, 0.2) is 36.5 Å². The van der Waals surface area contributed by atoms with Gasteiger partial charge >= 0.3 is 0 Å². The number of hydrogen-bond donors (Lipinski definition) is 0. The van der Waals surface area contributed by atoms with Crippen LogP contribution in [-0.2, 0) is 6.42 Å². The summed E-state index contributed by atoms with van der Waals surface area (Å²) in [7, 11) is 3.16. The fraction of sp³-hybridized carbons (Fsp3) is 0.250. The summed E-state index contributed by atoms with van der Waals surface area (Å²) in [4.78, 5) is 16.3. The summed E-state index contributed by atoms with van der Waals surface area (Å²) in [5.74, 6) is 1.31. The fourth-order valence-electron chi connectivity index (χ4n) is 1.91. The molecule has 0 aliphatic carbocycles.